The summed E-state index contributed by atoms with van der Waals surface area (Å²) in [5.74, 6) is -0.686. The van der Waals surface area contributed by atoms with Gasteiger partial charge in [-0.2, -0.15) is 0 Å². The number of carbonyl (C=O) groups is 2. The molecule has 1 aliphatic rings. The first kappa shape index (κ1) is 14.4. The van der Waals surface area contributed by atoms with E-state index in [1.165, 1.54) is 4.90 Å². The Hall–Kier alpha value is -2.04. The van der Waals surface area contributed by atoms with Crippen molar-refractivity contribution in [2.45, 2.75) is 39.3 Å². The normalized spacial score (nSPS) is 18.8. The Labute approximate surface area is 118 Å². The smallest absolute Gasteiger partial charge is 0.327 e. The van der Waals surface area contributed by atoms with Crippen LogP contribution in [0.2, 0.25) is 0 Å². The Morgan fingerprint density at radius 2 is 1.95 bits per heavy atom. The Bertz CT molecular complexity index is 528. The number of carboxylic acid groups (broad SMARTS) is 1. The van der Waals surface area contributed by atoms with Gasteiger partial charge in [0.15, 0.2) is 0 Å². The quantitative estimate of drug-likeness (QED) is 0.889. The van der Waals surface area contributed by atoms with Gasteiger partial charge >= 0.3 is 12.0 Å². The van der Waals surface area contributed by atoms with E-state index in [-0.39, 0.29) is 12.1 Å². The minimum Gasteiger partial charge on any atom is -0.480 e. The number of carboxylic acids is 1. The van der Waals surface area contributed by atoms with Crippen LogP contribution in [0.4, 0.5) is 10.5 Å². The van der Waals surface area contributed by atoms with Gasteiger partial charge in [0.1, 0.15) is 6.04 Å². The third-order valence-corrected chi connectivity index (χ3v) is 3.83. The van der Waals surface area contributed by atoms with Gasteiger partial charge in [-0.25, -0.2) is 9.59 Å². The number of fused-ring (bicyclic) bond motifs is 1. The van der Waals surface area contributed by atoms with Crippen LogP contribution in [0.1, 0.15) is 26.3 Å². The number of amides is 2. The van der Waals surface area contributed by atoms with Crippen molar-refractivity contribution in [2.24, 2.45) is 5.92 Å². The zero-order valence-corrected chi connectivity index (χ0v) is 12.0. The number of carbonyl (C=O) groups excluding carboxylic acids is 1. The van der Waals surface area contributed by atoms with E-state index >= 15 is 0 Å². The molecule has 0 bridgehead atoms. The fraction of sp³-hybridized carbons (Fsp3) is 0.467. The molecule has 1 unspecified atom stereocenters. The largest absolute Gasteiger partial charge is 0.480 e. The van der Waals surface area contributed by atoms with Gasteiger partial charge in [0.05, 0.1) is 0 Å². The molecule has 20 heavy (non-hydrogen) atoms. The third-order valence-electron chi connectivity index (χ3n) is 3.83. The average molecular weight is 276 g/mol. The van der Waals surface area contributed by atoms with Gasteiger partial charge in [-0.05, 0) is 24.5 Å². The Morgan fingerprint density at radius 3 is 2.55 bits per heavy atom. The van der Waals surface area contributed by atoms with E-state index in [9.17, 15) is 14.7 Å². The van der Waals surface area contributed by atoms with Gasteiger partial charge < -0.3 is 10.4 Å². The molecule has 0 aliphatic carbocycles. The maximum atomic E-state index is 12.4. The van der Waals surface area contributed by atoms with Crippen molar-refractivity contribution in [3.8, 4) is 0 Å². The van der Waals surface area contributed by atoms with E-state index in [2.05, 4.69) is 5.32 Å². The molecule has 0 saturated carbocycles. The Morgan fingerprint density at radius 1 is 1.30 bits per heavy atom. The van der Waals surface area contributed by atoms with Crippen LogP contribution in [0.15, 0.2) is 24.3 Å². The predicted molar refractivity (Wildman–Crippen MR) is 76.9 cm³/mol. The molecule has 1 aromatic carbocycles. The van der Waals surface area contributed by atoms with Gasteiger partial charge in [-0.1, -0.05) is 32.0 Å². The van der Waals surface area contributed by atoms with Crippen LogP contribution < -0.4 is 10.2 Å². The summed E-state index contributed by atoms with van der Waals surface area (Å²) in [4.78, 5) is 25.1. The van der Waals surface area contributed by atoms with Crippen molar-refractivity contribution in [2.75, 3.05) is 4.90 Å². The SMILES string of the molecule is CC(C)C(C)NC(=O)N1c2ccccc2C[C@H]1C(=O)O. The zero-order valence-electron chi connectivity index (χ0n) is 12.0. The van der Waals surface area contributed by atoms with Crippen LogP contribution >= 0.6 is 0 Å². The first-order valence-electron chi connectivity index (χ1n) is 6.82. The number of anilines is 1. The molecule has 0 aromatic heterocycles. The lowest BCUT2D eigenvalue weighted by Crippen LogP contribution is -2.51. The molecule has 108 valence electrons. The minimum absolute atomic E-state index is 0.00953. The number of nitrogens with one attached hydrogen (secondary N) is 1. The van der Waals surface area contributed by atoms with Crippen molar-refractivity contribution < 1.29 is 14.7 Å². The van der Waals surface area contributed by atoms with Gasteiger partial charge in [-0.3, -0.25) is 4.90 Å². The molecule has 0 spiro atoms. The summed E-state index contributed by atoms with van der Waals surface area (Å²) in [6.45, 7) is 5.94. The molecule has 1 aliphatic heterocycles. The number of benzene rings is 1. The van der Waals surface area contributed by atoms with Crippen LogP contribution in [0, 0.1) is 5.92 Å². The average Bonchev–Trinajstić information content (AvgIpc) is 2.77. The lowest BCUT2D eigenvalue weighted by molar-refractivity contribution is -0.138. The van der Waals surface area contributed by atoms with E-state index in [0.717, 1.165) is 5.56 Å². The van der Waals surface area contributed by atoms with E-state index in [1.54, 1.807) is 6.07 Å². The number of rotatable bonds is 3. The van der Waals surface area contributed by atoms with E-state index in [4.69, 9.17) is 0 Å². The fourth-order valence-corrected chi connectivity index (χ4v) is 2.27. The second-order valence-electron chi connectivity index (χ2n) is 5.54. The number of urea groups is 1. The Balaban J connectivity index is 2.26. The molecular formula is C15H20N2O3. The second-order valence-corrected chi connectivity index (χ2v) is 5.54. The molecule has 0 fully saturated rings. The summed E-state index contributed by atoms with van der Waals surface area (Å²) in [7, 11) is 0. The van der Waals surface area contributed by atoms with E-state index in [1.807, 2.05) is 39.0 Å². The highest BCUT2D eigenvalue weighted by Gasteiger charge is 2.38. The Kier molecular flexibility index (Phi) is 3.97. The molecule has 5 nitrogen and oxygen atoms in total. The third kappa shape index (κ3) is 2.61. The second kappa shape index (κ2) is 5.53. The molecule has 1 aromatic rings. The first-order chi connectivity index (χ1) is 9.41. The van der Waals surface area contributed by atoms with Crippen LogP contribution in [-0.2, 0) is 11.2 Å². The predicted octanol–water partition coefficient (Wildman–Crippen LogP) is 2.26. The van der Waals surface area contributed by atoms with Gasteiger partial charge in [-0.15, -0.1) is 0 Å². The van der Waals surface area contributed by atoms with Gasteiger partial charge in [0, 0.05) is 18.2 Å². The summed E-state index contributed by atoms with van der Waals surface area (Å²) >= 11 is 0. The summed E-state index contributed by atoms with van der Waals surface area (Å²) in [5, 5.41) is 12.2. The number of hydrogen-bond acceptors (Lipinski definition) is 2. The van der Waals surface area contributed by atoms with Crippen molar-refractivity contribution in [3.63, 3.8) is 0 Å². The maximum Gasteiger partial charge on any atom is 0.327 e. The van der Waals surface area contributed by atoms with Crippen molar-refractivity contribution in [1.29, 1.82) is 0 Å². The van der Waals surface area contributed by atoms with Crippen molar-refractivity contribution in [1.82, 2.24) is 5.32 Å². The summed E-state index contributed by atoms with van der Waals surface area (Å²) < 4.78 is 0. The number of nitrogens with zero attached hydrogens (tertiary/aromatic N) is 1. The topological polar surface area (TPSA) is 69.6 Å². The molecule has 2 rings (SSSR count). The fourth-order valence-electron chi connectivity index (χ4n) is 2.27. The zero-order chi connectivity index (χ0) is 14.9. The highest BCUT2D eigenvalue weighted by Crippen LogP contribution is 2.32. The molecule has 2 N–H and O–H groups in total. The summed E-state index contributed by atoms with van der Waals surface area (Å²) in [6.07, 6.45) is 0.356. The highest BCUT2D eigenvalue weighted by molar-refractivity contribution is 6.01. The van der Waals surface area contributed by atoms with Crippen LogP contribution in [0.25, 0.3) is 0 Å². The highest BCUT2D eigenvalue weighted by atomic mass is 16.4. The molecule has 2 atom stereocenters. The van der Waals surface area contributed by atoms with Gasteiger partial charge in [0.25, 0.3) is 0 Å². The van der Waals surface area contributed by atoms with E-state index < -0.39 is 12.0 Å². The lowest BCUT2D eigenvalue weighted by Gasteiger charge is -2.26. The lowest BCUT2D eigenvalue weighted by atomic mass is 10.1. The van der Waals surface area contributed by atoms with Crippen LogP contribution in [-0.4, -0.2) is 29.2 Å². The molecule has 2 amide bonds. The monoisotopic (exact) mass is 276 g/mol. The maximum absolute atomic E-state index is 12.4. The molecule has 5 heteroatoms. The van der Waals surface area contributed by atoms with Crippen LogP contribution in [0.3, 0.4) is 0 Å². The number of para-hydroxylation sites is 1. The number of aliphatic carboxylic acids is 1. The standard InChI is InChI=1S/C15H20N2O3/c1-9(2)10(3)16-15(20)17-12-7-5-4-6-11(12)8-13(17)14(18)19/h4-7,9-10,13H,8H2,1-3H3,(H,16,20)(H,18,19)/t10?,13-/m0/s1. The number of hydrogen-bond donors (Lipinski definition) is 2. The first-order valence-corrected chi connectivity index (χ1v) is 6.82. The molecule has 0 radical (unpaired) electrons. The summed E-state index contributed by atoms with van der Waals surface area (Å²) in [5.41, 5.74) is 1.58. The van der Waals surface area contributed by atoms with Crippen LogP contribution in [0.5, 0.6) is 0 Å². The summed E-state index contributed by atoms with van der Waals surface area (Å²) in [6, 6.07) is 6.15. The van der Waals surface area contributed by atoms with Gasteiger partial charge in [0.2, 0.25) is 0 Å². The minimum atomic E-state index is -0.978. The molecule has 1 heterocycles. The van der Waals surface area contributed by atoms with E-state index in [0.29, 0.717) is 18.0 Å². The van der Waals surface area contributed by atoms with Crippen molar-refractivity contribution >= 4 is 17.7 Å². The molecular weight excluding hydrogens is 256 g/mol. The molecule has 0 saturated heterocycles. The van der Waals surface area contributed by atoms with Crippen molar-refractivity contribution in [3.05, 3.63) is 29.8 Å².